The lowest BCUT2D eigenvalue weighted by Gasteiger charge is -1.83. The number of nitrogens with zero attached hydrogens (tertiary/aromatic N) is 1. The van der Waals surface area contributed by atoms with Gasteiger partial charge in [-0.2, -0.15) is 5.26 Å². The molecule has 0 spiro atoms. The number of aliphatic carboxylic acids is 1. The average molecular weight is 227 g/mol. The molecule has 0 aromatic carbocycles. The van der Waals surface area contributed by atoms with Gasteiger partial charge in [-0.05, 0) is 6.42 Å². The van der Waals surface area contributed by atoms with Crippen molar-refractivity contribution in [3.63, 3.8) is 0 Å². The number of hydrogen-bond donors (Lipinski definition) is 1. The SMILES string of the molecule is C=CC#N.C=COC(C)=O.CCCC(=O)O. The average Bonchev–Trinajstić information content (AvgIpc) is 2.18. The molecule has 0 aromatic heterocycles. The summed E-state index contributed by atoms with van der Waals surface area (Å²) in [6.45, 7) is 9.44. The Morgan fingerprint density at radius 1 is 1.50 bits per heavy atom. The lowest BCUT2D eigenvalue weighted by atomic mass is 10.4. The number of carbonyl (C=O) groups is 2. The standard InChI is InChI=1S/C4H6O2.C4H8O2.C3H3N/c1-3-6-4(2)5;1-2-3-4(5)6;1-2-3-4/h3H,1H2,2H3;2-3H2,1H3,(H,5,6);2H,1H2. The topological polar surface area (TPSA) is 87.4 Å². The molecule has 0 aromatic rings. The molecule has 0 radical (unpaired) electrons. The number of carboxylic acid groups (broad SMARTS) is 1. The van der Waals surface area contributed by atoms with Crippen LogP contribution in [0.5, 0.6) is 0 Å². The van der Waals surface area contributed by atoms with E-state index in [2.05, 4.69) is 17.9 Å². The maximum Gasteiger partial charge on any atom is 0.307 e. The predicted molar refractivity (Wildman–Crippen MR) is 60.3 cm³/mol. The summed E-state index contributed by atoms with van der Waals surface area (Å²) in [7, 11) is 0. The summed E-state index contributed by atoms with van der Waals surface area (Å²) >= 11 is 0. The van der Waals surface area contributed by atoms with Gasteiger partial charge in [0.05, 0.1) is 12.3 Å². The van der Waals surface area contributed by atoms with Crippen molar-refractivity contribution >= 4 is 11.9 Å². The van der Waals surface area contributed by atoms with Crippen LogP contribution < -0.4 is 0 Å². The molecule has 0 aliphatic heterocycles. The number of carboxylic acids is 1. The fourth-order valence-electron chi connectivity index (χ4n) is 0.331. The molecule has 0 atom stereocenters. The molecule has 0 amide bonds. The molecule has 0 unspecified atom stereocenters. The summed E-state index contributed by atoms with van der Waals surface area (Å²) in [4.78, 5) is 19.3. The molecule has 0 rings (SSSR count). The molecular formula is C11H17NO4. The Morgan fingerprint density at radius 2 is 1.94 bits per heavy atom. The molecule has 5 nitrogen and oxygen atoms in total. The minimum absolute atomic E-state index is 0.292. The molecular weight excluding hydrogens is 210 g/mol. The molecule has 1 N–H and O–H groups in total. The van der Waals surface area contributed by atoms with E-state index in [0.29, 0.717) is 6.42 Å². The van der Waals surface area contributed by atoms with Gasteiger partial charge in [0.25, 0.3) is 0 Å². The Kier molecular flexibility index (Phi) is 22.7. The van der Waals surface area contributed by atoms with Gasteiger partial charge in [0.2, 0.25) is 0 Å². The second-order valence-electron chi connectivity index (χ2n) is 2.25. The first-order valence-electron chi connectivity index (χ1n) is 4.46. The Labute approximate surface area is 95.6 Å². The third-order valence-electron chi connectivity index (χ3n) is 0.804. The van der Waals surface area contributed by atoms with Crippen LogP contribution in [-0.4, -0.2) is 17.0 Å². The van der Waals surface area contributed by atoms with Crippen LogP contribution in [-0.2, 0) is 14.3 Å². The van der Waals surface area contributed by atoms with Crippen LogP contribution >= 0.6 is 0 Å². The van der Waals surface area contributed by atoms with Crippen molar-refractivity contribution in [2.75, 3.05) is 0 Å². The Hall–Kier alpha value is -2.09. The second kappa shape index (κ2) is 18.6. The number of carbonyl (C=O) groups excluding carboxylic acids is 1. The highest BCUT2D eigenvalue weighted by Crippen LogP contribution is 1.82. The maximum atomic E-state index is 9.75. The van der Waals surface area contributed by atoms with Crippen LogP contribution in [0.4, 0.5) is 0 Å². The van der Waals surface area contributed by atoms with Gasteiger partial charge in [-0.1, -0.05) is 20.1 Å². The molecule has 5 heteroatoms. The molecule has 0 saturated carbocycles. The Bertz CT molecular complexity index is 253. The lowest BCUT2D eigenvalue weighted by molar-refractivity contribution is -0.137. The van der Waals surface area contributed by atoms with Gasteiger partial charge < -0.3 is 9.84 Å². The van der Waals surface area contributed by atoms with E-state index in [9.17, 15) is 9.59 Å². The third kappa shape index (κ3) is 58.8. The summed E-state index contributed by atoms with van der Waals surface area (Å²) in [5.74, 6) is -1.04. The van der Waals surface area contributed by atoms with Gasteiger partial charge in [0.1, 0.15) is 0 Å². The smallest absolute Gasteiger partial charge is 0.307 e. The summed E-state index contributed by atoms with van der Waals surface area (Å²) < 4.78 is 4.17. The van der Waals surface area contributed by atoms with Gasteiger partial charge in [0, 0.05) is 19.4 Å². The van der Waals surface area contributed by atoms with Crippen LogP contribution in [0.25, 0.3) is 0 Å². The predicted octanol–water partition coefficient (Wildman–Crippen LogP) is 2.26. The van der Waals surface area contributed by atoms with E-state index in [1.165, 1.54) is 13.0 Å². The van der Waals surface area contributed by atoms with Crippen molar-refractivity contribution in [3.05, 3.63) is 25.5 Å². The van der Waals surface area contributed by atoms with Crippen molar-refractivity contribution < 1.29 is 19.4 Å². The fraction of sp³-hybridized carbons (Fsp3) is 0.364. The van der Waals surface area contributed by atoms with Gasteiger partial charge in [-0.3, -0.25) is 9.59 Å². The zero-order valence-electron chi connectivity index (χ0n) is 9.60. The zero-order valence-corrected chi connectivity index (χ0v) is 9.60. The summed E-state index contributed by atoms with van der Waals surface area (Å²) in [5.41, 5.74) is 0. The highest BCUT2D eigenvalue weighted by molar-refractivity contribution is 5.66. The highest BCUT2D eigenvalue weighted by atomic mass is 16.5. The quantitative estimate of drug-likeness (QED) is 0.454. The lowest BCUT2D eigenvalue weighted by Crippen LogP contribution is -1.90. The zero-order chi connectivity index (χ0) is 13.4. The minimum Gasteiger partial charge on any atom is -0.481 e. The third-order valence-corrected chi connectivity index (χ3v) is 0.804. The first-order chi connectivity index (χ1) is 7.45. The number of ether oxygens (including phenoxy) is 1. The van der Waals surface area contributed by atoms with Crippen molar-refractivity contribution in [1.29, 1.82) is 5.26 Å². The van der Waals surface area contributed by atoms with Crippen molar-refractivity contribution in [3.8, 4) is 6.07 Å². The van der Waals surface area contributed by atoms with Crippen LogP contribution in [0.1, 0.15) is 26.7 Å². The fourth-order valence-corrected chi connectivity index (χ4v) is 0.331. The van der Waals surface area contributed by atoms with E-state index in [1.54, 1.807) is 6.07 Å². The molecule has 0 aliphatic carbocycles. The normalized spacial score (nSPS) is 6.56. The minimum atomic E-state index is -0.711. The summed E-state index contributed by atoms with van der Waals surface area (Å²) in [6.07, 6.45) is 3.30. The highest BCUT2D eigenvalue weighted by Gasteiger charge is 1.87. The summed E-state index contributed by atoms with van der Waals surface area (Å²) in [6, 6.07) is 1.69. The van der Waals surface area contributed by atoms with E-state index < -0.39 is 5.97 Å². The van der Waals surface area contributed by atoms with E-state index in [4.69, 9.17) is 10.4 Å². The molecule has 16 heavy (non-hydrogen) atoms. The first kappa shape index (κ1) is 19.5. The van der Waals surface area contributed by atoms with E-state index in [0.717, 1.165) is 12.7 Å². The van der Waals surface area contributed by atoms with Gasteiger partial charge in [-0.25, -0.2) is 0 Å². The number of nitriles is 1. The molecule has 0 saturated heterocycles. The molecule has 0 heterocycles. The number of esters is 1. The largest absolute Gasteiger partial charge is 0.481 e. The van der Waals surface area contributed by atoms with Crippen molar-refractivity contribution in [2.24, 2.45) is 0 Å². The number of rotatable bonds is 3. The Morgan fingerprint density at radius 3 is 1.94 bits per heavy atom. The van der Waals surface area contributed by atoms with Crippen LogP contribution in [0.3, 0.4) is 0 Å². The number of allylic oxidation sites excluding steroid dienone is 1. The van der Waals surface area contributed by atoms with Gasteiger partial charge >= 0.3 is 11.9 Å². The summed E-state index contributed by atoms with van der Waals surface area (Å²) in [5, 5.41) is 15.4. The number of hydrogen-bond acceptors (Lipinski definition) is 4. The molecule has 90 valence electrons. The Balaban J connectivity index is -0.000000162. The second-order valence-corrected chi connectivity index (χ2v) is 2.25. The molecule has 0 fully saturated rings. The van der Waals surface area contributed by atoms with Crippen LogP contribution in [0, 0.1) is 11.3 Å². The molecule has 0 aliphatic rings. The van der Waals surface area contributed by atoms with Crippen LogP contribution in [0.2, 0.25) is 0 Å². The van der Waals surface area contributed by atoms with Crippen LogP contribution in [0.15, 0.2) is 25.5 Å². The van der Waals surface area contributed by atoms with Gasteiger partial charge in [0.15, 0.2) is 0 Å². The first-order valence-corrected chi connectivity index (χ1v) is 4.46. The monoisotopic (exact) mass is 227 g/mol. The molecule has 0 bridgehead atoms. The van der Waals surface area contributed by atoms with Crippen molar-refractivity contribution in [2.45, 2.75) is 26.7 Å². The maximum absolute atomic E-state index is 9.75. The van der Waals surface area contributed by atoms with E-state index >= 15 is 0 Å². The van der Waals surface area contributed by atoms with Crippen molar-refractivity contribution in [1.82, 2.24) is 0 Å². The van der Waals surface area contributed by atoms with E-state index in [1.807, 2.05) is 6.92 Å². The van der Waals surface area contributed by atoms with E-state index in [-0.39, 0.29) is 5.97 Å². The van der Waals surface area contributed by atoms with Gasteiger partial charge in [-0.15, -0.1) is 0 Å².